The molecule has 2 rings (SSSR count). The molecule has 2 aromatic heterocycles. The second-order valence-corrected chi connectivity index (χ2v) is 3.82. The third-order valence-electron chi connectivity index (χ3n) is 1.70. The second-order valence-electron chi connectivity index (χ2n) is 2.70. The van der Waals surface area contributed by atoms with Crippen molar-refractivity contribution in [2.45, 2.75) is 19.8 Å². The Bertz CT molecular complexity index is 348. The zero-order chi connectivity index (χ0) is 8.39. The number of thiazole rings is 1. The van der Waals surface area contributed by atoms with Gasteiger partial charge in [-0.2, -0.15) is 0 Å². The summed E-state index contributed by atoms with van der Waals surface area (Å²) >= 11 is 1.75. The Labute approximate surface area is 75.3 Å². The van der Waals surface area contributed by atoms with E-state index in [4.69, 9.17) is 0 Å². The van der Waals surface area contributed by atoms with Crippen LogP contribution in [-0.4, -0.2) is 9.97 Å². The summed E-state index contributed by atoms with van der Waals surface area (Å²) in [4.78, 5) is 8.54. The number of pyridine rings is 1. The highest BCUT2D eigenvalue weighted by Gasteiger charge is 2.00. The Hall–Kier alpha value is -0.960. The second kappa shape index (κ2) is 3.19. The van der Waals surface area contributed by atoms with E-state index in [1.165, 1.54) is 9.71 Å². The van der Waals surface area contributed by atoms with Gasteiger partial charge in [-0.3, -0.25) is 4.98 Å². The van der Waals surface area contributed by atoms with E-state index in [1.54, 1.807) is 17.5 Å². The molecule has 0 amide bonds. The van der Waals surface area contributed by atoms with Gasteiger partial charge in [0.15, 0.2) is 0 Å². The first kappa shape index (κ1) is 7.68. The maximum atomic E-state index is 4.48. The Morgan fingerprint density at radius 3 is 3.17 bits per heavy atom. The first-order chi connectivity index (χ1) is 5.90. The van der Waals surface area contributed by atoms with E-state index >= 15 is 0 Å². The summed E-state index contributed by atoms with van der Waals surface area (Å²) in [7, 11) is 0. The van der Waals surface area contributed by atoms with E-state index in [0.717, 1.165) is 18.4 Å². The quantitative estimate of drug-likeness (QED) is 0.706. The number of fused-ring (bicyclic) bond motifs is 1. The maximum absolute atomic E-state index is 4.48. The van der Waals surface area contributed by atoms with Crippen molar-refractivity contribution in [1.29, 1.82) is 0 Å². The molecule has 0 aliphatic rings. The number of aryl methyl sites for hydroxylation is 1. The van der Waals surface area contributed by atoms with Gasteiger partial charge in [0.25, 0.3) is 0 Å². The number of hydrogen-bond acceptors (Lipinski definition) is 3. The van der Waals surface area contributed by atoms with Gasteiger partial charge in [0.05, 0.1) is 15.2 Å². The topological polar surface area (TPSA) is 25.8 Å². The van der Waals surface area contributed by atoms with Crippen molar-refractivity contribution < 1.29 is 0 Å². The maximum Gasteiger partial charge on any atom is 0.0939 e. The minimum Gasteiger partial charge on any atom is -0.263 e. The number of rotatable bonds is 2. The summed E-state index contributed by atoms with van der Waals surface area (Å²) in [5, 5.41) is 1.22. The van der Waals surface area contributed by atoms with Crippen LogP contribution in [0.25, 0.3) is 10.2 Å². The van der Waals surface area contributed by atoms with Crippen LogP contribution in [0.5, 0.6) is 0 Å². The number of nitrogens with zero attached hydrogens (tertiary/aromatic N) is 2. The van der Waals surface area contributed by atoms with Crippen LogP contribution in [0.3, 0.4) is 0 Å². The van der Waals surface area contributed by atoms with E-state index in [0.29, 0.717) is 0 Å². The minimum atomic E-state index is 1.08. The molecule has 0 atom stereocenters. The summed E-state index contributed by atoms with van der Waals surface area (Å²) in [6.45, 7) is 2.17. The predicted octanol–water partition coefficient (Wildman–Crippen LogP) is 2.64. The summed E-state index contributed by atoms with van der Waals surface area (Å²) in [6, 6.07) is 1.96. The molecule has 0 aliphatic heterocycles. The van der Waals surface area contributed by atoms with Crippen LogP contribution >= 0.6 is 11.3 Å². The SMILES string of the molecule is CCCc1nc2ccncc2s1. The Morgan fingerprint density at radius 1 is 1.50 bits per heavy atom. The van der Waals surface area contributed by atoms with Crippen molar-refractivity contribution in [3.63, 3.8) is 0 Å². The molecular weight excluding hydrogens is 168 g/mol. The molecule has 2 nitrogen and oxygen atoms in total. The molecule has 0 aliphatic carbocycles. The van der Waals surface area contributed by atoms with Crippen molar-refractivity contribution in [2.24, 2.45) is 0 Å². The third kappa shape index (κ3) is 1.32. The fraction of sp³-hybridized carbons (Fsp3) is 0.333. The highest BCUT2D eigenvalue weighted by molar-refractivity contribution is 7.18. The van der Waals surface area contributed by atoms with E-state index in [1.807, 2.05) is 12.3 Å². The smallest absolute Gasteiger partial charge is 0.0939 e. The lowest BCUT2D eigenvalue weighted by Gasteiger charge is -1.84. The van der Waals surface area contributed by atoms with E-state index < -0.39 is 0 Å². The van der Waals surface area contributed by atoms with Gasteiger partial charge in [-0.05, 0) is 18.9 Å². The lowest BCUT2D eigenvalue weighted by molar-refractivity contribution is 0.913. The molecule has 0 spiro atoms. The molecule has 0 radical (unpaired) electrons. The van der Waals surface area contributed by atoms with Crippen LogP contribution in [0.1, 0.15) is 18.4 Å². The zero-order valence-electron chi connectivity index (χ0n) is 6.95. The van der Waals surface area contributed by atoms with E-state index in [9.17, 15) is 0 Å². The van der Waals surface area contributed by atoms with Crippen molar-refractivity contribution in [1.82, 2.24) is 9.97 Å². The fourth-order valence-electron chi connectivity index (χ4n) is 1.15. The zero-order valence-corrected chi connectivity index (χ0v) is 7.77. The minimum absolute atomic E-state index is 1.08. The average Bonchev–Trinajstić information content (AvgIpc) is 2.47. The molecule has 0 bridgehead atoms. The van der Waals surface area contributed by atoms with E-state index in [-0.39, 0.29) is 0 Å². The van der Waals surface area contributed by atoms with Gasteiger partial charge in [-0.1, -0.05) is 6.92 Å². The monoisotopic (exact) mass is 178 g/mol. The summed E-state index contributed by atoms with van der Waals surface area (Å²) in [6.07, 6.45) is 5.91. The third-order valence-corrected chi connectivity index (χ3v) is 2.76. The first-order valence-electron chi connectivity index (χ1n) is 4.09. The molecule has 0 saturated carbocycles. The number of aromatic nitrogens is 2. The molecule has 0 saturated heterocycles. The van der Waals surface area contributed by atoms with Gasteiger partial charge in [0.2, 0.25) is 0 Å². The Kier molecular flexibility index (Phi) is 2.04. The molecule has 0 fully saturated rings. The van der Waals surface area contributed by atoms with Crippen LogP contribution in [0.4, 0.5) is 0 Å². The van der Waals surface area contributed by atoms with Crippen LogP contribution in [-0.2, 0) is 6.42 Å². The molecule has 3 heteroatoms. The van der Waals surface area contributed by atoms with Crippen LogP contribution in [0, 0.1) is 0 Å². The highest BCUT2D eigenvalue weighted by atomic mass is 32.1. The summed E-state index contributed by atoms with van der Waals surface area (Å²) < 4.78 is 1.20. The number of hydrogen-bond donors (Lipinski definition) is 0. The van der Waals surface area contributed by atoms with Gasteiger partial charge < -0.3 is 0 Å². The molecule has 62 valence electrons. The lowest BCUT2D eigenvalue weighted by Crippen LogP contribution is -1.78. The first-order valence-corrected chi connectivity index (χ1v) is 4.91. The standard InChI is InChI=1S/C9H10N2S/c1-2-3-9-11-7-4-5-10-6-8(7)12-9/h4-6H,2-3H2,1H3. The van der Waals surface area contributed by atoms with E-state index in [2.05, 4.69) is 16.9 Å². The van der Waals surface area contributed by atoms with Gasteiger partial charge in [0, 0.05) is 12.4 Å². The largest absolute Gasteiger partial charge is 0.263 e. The van der Waals surface area contributed by atoms with Crippen LogP contribution < -0.4 is 0 Å². The van der Waals surface area contributed by atoms with Crippen molar-refractivity contribution in [3.05, 3.63) is 23.5 Å². The van der Waals surface area contributed by atoms with Crippen LogP contribution in [0.15, 0.2) is 18.5 Å². The van der Waals surface area contributed by atoms with Gasteiger partial charge in [-0.25, -0.2) is 4.98 Å². The molecule has 0 N–H and O–H groups in total. The Balaban J connectivity index is 2.47. The van der Waals surface area contributed by atoms with Crippen molar-refractivity contribution >= 4 is 21.6 Å². The summed E-state index contributed by atoms with van der Waals surface area (Å²) in [5.41, 5.74) is 1.08. The van der Waals surface area contributed by atoms with Crippen molar-refractivity contribution in [3.8, 4) is 0 Å². The average molecular weight is 178 g/mol. The molecule has 0 unspecified atom stereocenters. The predicted molar refractivity (Wildman–Crippen MR) is 51.4 cm³/mol. The highest BCUT2D eigenvalue weighted by Crippen LogP contribution is 2.21. The molecule has 0 aromatic carbocycles. The van der Waals surface area contributed by atoms with Gasteiger partial charge in [0.1, 0.15) is 0 Å². The molecular formula is C9H10N2S. The molecule has 12 heavy (non-hydrogen) atoms. The lowest BCUT2D eigenvalue weighted by atomic mass is 10.3. The van der Waals surface area contributed by atoms with Gasteiger partial charge in [-0.15, -0.1) is 11.3 Å². The van der Waals surface area contributed by atoms with Crippen molar-refractivity contribution in [2.75, 3.05) is 0 Å². The Morgan fingerprint density at radius 2 is 2.42 bits per heavy atom. The fourth-order valence-corrected chi connectivity index (χ4v) is 2.18. The summed E-state index contributed by atoms with van der Waals surface area (Å²) in [5.74, 6) is 0. The molecule has 2 heterocycles. The molecule has 2 aromatic rings. The van der Waals surface area contributed by atoms with Crippen LogP contribution in [0.2, 0.25) is 0 Å². The van der Waals surface area contributed by atoms with Gasteiger partial charge >= 0.3 is 0 Å². The normalized spacial score (nSPS) is 10.8.